The summed E-state index contributed by atoms with van der Waals surface area (Å²) in [7, 11) is 1.19. The molecule has 1 unspecified atom stereocenters. The molecular weight excluding hydrogens is 198 g/mol. The maximum Gasteiger partial charge on any atom is 0.407 e. The van der Waals surface area contributed by atoms with Crippen molar-refractivity contribution >= 4 is 12.1 Å². The SMILES string of the molecule is COC(=O)NC(C(=O)O)C1=CCCC=C1. The second-order valence-corrected chi connectivity index (χ2v) is 3.09. The zero-order chi connectivity index (χ0) is 11.3. The summed E-state index contributed by atoms with van der Waals surface area (Å²) >= 11 is 0. The molecule has 0 spiro atoms. The highest BCUT2D eigenvalue weighted by molar-refractivity contribution is 5.83. The fraction of sp³-hybridized carbons (Fsp3) is 0.400. The Labute approximate surface area is 87.4 Å². The third kappa shape index (κ3) is 3.12. The largest absolute Gasteiger partial charge is 0.479 e. The van der Waals surface area contributed by atoms with Gasteiger partial charge in [0.05, 0.1) is 7.11 Å². The Morgan fingerprint density at radius 1 is 1.53 bits per heavy atom. The van der Waals surface area contributed by atoms with Crippen LogP contribution in [0.2, 0.25) is 0 Å². The van der Waals surface area contributed by atoms with E-state index in [9.17, 15) is 9.59 Å². The molecule has 82 valence electrons. The van der Waals surface area contributed by atoms with Crippen molar-refractivity contribution < 1.29 is 19.4 Å². The lowest BCUT2D eigenvalue weighted by Gasteiger charge is -2.16. The average molecular weight is 211 g/mol. The molecule has 0 saturated heterocycles. The van der Waals surface area contributed by atoms with Gasteiger partial charge in [-0.15, -0.1) is 0 Å². The Morgan fingerprint density at radius 3 is 2.73 bits per heavy atom. The smallest absolute Gasteiger partial charge is 0.407 e. The minimum absolute atomic E-state index is 0.583. The molecule has 0 aromatic rings. The zero-order valence-electron chi connectivity index (χ0n) is 8.40. The van der Waals surface area contributed by atoms with Gasteiger partial charge in [0.15, 0.2) is 6.04 Å². The van der Waals surface area contributed by atoms with Crippen molar-refractivity contribution in [3.63, 3.8) is 0 Å². The molecule has 0 aromatic carbocycles. The molecule has 2 N–H and O–H groups in total. The van der Waals surface area contributed by atoms with E-state index in [1.807, 2.05) is 6.08 Å². The lowest BCUT2D eigenvalue weighted by molar-refractivity contribution is -0.138. The molecule has 0 heterocycles. The fourth-order valence-electron chi connectivity index (χ4n) is 1.31. The summed E-state index contributed by atoms with van der Waals surface area (Å²) in [5.74, 6) is -1.10. The second-order valence-electron chi connectivity index (χ2n) is 3.09. The predicted octanol–water partition coefficient (Wildman–Crippen LogP) is 1.07. The summed E-state index contributed by atoms with van der Waals surface area (Å²) in [5.41, 5.74) is 0.583. The molecule has 1 aliphatic carbocycles. The highest BCUT2D eigenvalue weighted by Crippen LogP contribution is 2.13. The van der Waals surface area contributed by atoms with Gasteiger partial charge in [-0.2, -0.15) is 0 Å². The van der Waals surface area contributed by atoms with Gasteiger partial charge < -0.3 is 15.2 Å². The van der Waals surface area contributed by atoms with Crippen molar-refractivity contribution in [3.05, 3.63) is 23.8 Å². The molecule has 0 aliphatic heterocycles. The Hall–Kier alpha value is -1.78. The topological polar surface area (TPSA) is 75.6 Å². The molecule has 1 aliphatic rings. The number of aliphatic carboxylic acids is 1. The van der Waals surface area contributed by atoms with E-state index >= 15 is 0 Å². The van der Waals surface area contributed by atoms with Gasteiger partial charge in [-0.1, -0.05) is 18.2 Å². The maximum absolute atomic E-state index is 10.9. The van der Waals surface area contributed by atoms with Crippen LogP contribution in [0.3, 0.4) is 0 Å². The van der Waals surface area contributed by atoms with E-state index in [-0.39, 0.29) is 0 Å². The number of nitrogens with one attached hydrogen (secondary N) is 1. The molecule has 0 saturated carbocycles. The highest BCUT2D eigenvalue weighted by Gasteiger charge is 2.23. The fourth-order valence-corrected chi connectivity index (χ4v) is 1.31. The molecule has 0 bridgehead atoms. The number of methoxy groups -OCH3 is 1. The van der Waals surface area contributed by atoms with Crippen LogP contribution < -0.4 is 5.32 Å². The van der Waals surface area contributed by atoms with E-state index in [4.69, 9.17) is 5.11 Å². The second kappa shape index (κ2) is 5.19. The van der Waals surface area contributed by atoms with E-state index in [0.29, 0.717) is 5.57 Å². The lowest BCUT2D eigenvalue weighted by Crippen LogP contribution is -2.41. The van der Waals surface area contributed by atoms with E-state index in [2.05, 4.69) is 10.1 Å². The van der Waals surface area contributed by atoms with E-state index in [1.165, 1.54) is 7.11 Å². The number of ether oxygens (including phenoxy) is 1. The van der Waals surface area contributed by atoms with Gasteiger partial charge in [-0.05, 0) is 18.4 Å². The predicted molar refractivity (Wildman–Crippen MR) is 53.4 cm³/mol. The van der Waals surface area contributed by atoms with Crippen LogP contribution in [0.4, 0.5) is 4.79 Å². The van der Waals surface area contributed by atoms with Crippen molar-refractivity contribution in [2.75, 3.05) is 7.11 Å². The standard InChI is InChI=1S/C10H13NO4/c1-15-10(14)11-8(9(12)13)7-5-3-2-4-6-7/h3,5-6,8H,2,4H2,1H3,(H,11,14)(H,12,13). The number of carboxylic acid groups (broad SMARTS) is 1. The summed E-state index contributed by atoms with van der Waals surface area (Å²) < 4.78 is 4.36. The first-order valence-electron chi connectivity index (χ1n) is 4.59. The number of carboxylic acids is 1. The number of hydrogen-bond acceptors (Lipinski definition) is 3. The Balaban J connectivity index is 2.73. The van der Waals surface area contributed by atoms with Crippen LogP contribution in [0.1, 0.15) is 12.8 Å². The average Bonchev–Trinajstić information content (AvgIpc) is 2.26. The molecule has 1 amide bonds. The first kappa shape index (κ1) is 11.3. The normalized spacial score (nSPS) is 16.5. The monoisotopic (exact) mass is 211 g/mol. The number of amides is 1. The van der Waals surface area contributed by atoms with Gasteiger partial charge in [0.2, 0.25) is 0 Å². The van der Waals surface area contributed by atoms with Crippen molar-refractivity contribution in [2.24, 2.45) is 0 Å². The van der Waals surface area contributed by atoms with E-state index in [1.54, 1.807) is 12.2 Å². The summed E-state index contributed by atoms with van der Waals surface area (Å²) in [6, 6.07) is -1.03. The van der Waals surface area contributed by atoms with Gasteiger partial charge in [0.1, 0.15) is 0 Å². The molecule has 1 atom stereocenters. The molecule has 0 fully saturated rings. The summed E-state index contributed by atoms with van der Waals surface area (Å²) in [4.78, 5) is 21.8. The highest BCUT2D eigenvalue weighted by atomic mass is 16.5. The zero-order valence-corrected chi connectivity index (χ0v) is 8.40. The first-order chi connectivity index (χ1) is 7.15. The molecular formula is C10H13NO4. The summed E-state index contributed by atoms with van der Waals surface area (Å²) in [5, 5.41) is 11.2. The van der Waals surface area contributed by atoms with Crippen molar-refractivity contribution in [1.82, 2.24) is 5.32 Å². The third-order valence-corrected chi connectivity index (χ3v) is 2.05. The van der Waals surface area contributed by atoms with Crippen LogP contribution in [0, 0.1) is 0 Å². The van der Waals surface area contributed by atoms with Gasteiger partial charge in [0.25, 0.3) is 0 Å². The Morgan fingerprint density at radius 2 is 2.27 bits per heavy atom. The van der Waals surface area contributed by atoms with Crippen molar-refractivity contribution in [1.29, 1.82) is 0 Å². The van der Waals surface area contributed by atoms with Gasteiger partial charge in [-0.25, -0.2) is 9.59 Å². The molecule has 0 radical (unpaired) electrons. The summed E-state index contributed by atoms with van der Waals surface area (Å²) in [6.07, 6.45) is 6.33. The number of allylic oxidation sites excluding steroid dienone is 2. The van der Waals surface area contributed by atoms with Gasteiger partial charge in [-0.3, -0.25) is 0 Å². The van der Waals surface area contributed by atoms with Crippen LogP contribution in [0.15, 0.2) is 23.8 Å². The third-order valence-electron chi connectivity index (χ3n) is 2.05. The van der Waals surface area contributed by atoms with Crippen molar-refractivity contribution in [2.45, 2.75) is 18.9 Å². The quantitative estimate of drug-likeness (QED) is 0.732. The summed E-state index contributed by atoms with van der Waals surface area (Å²) in [6.45, 7) is 0. The molecule has 0 aromatic heterocycles. The maximum atomic E-state index is 10.9. The van der Waals surface area contributed by atoms with Crippen LogP contribution >= 0.6 is 0 Å². The van der Waals surface area contributed by atoms with Crippen LogP contribution in [-0.4, -0.2) is 30.3 Å². The molecule has 1 rings (SSSR count). The van der Waals surface area contributed by atoms with Crippen LogP contribution in [0.5, 0.6) is 0 Å². The van der Waals surface area contributed by atoms with E-state index < -0.39 is 18.1 Å². The van der Waals surface area contributed by atoms with Gasteiger partial charge >= 0.3 is 12.1 Å². The number of rotatable bonds is 3. The Bertz CT molecular complexity index is 319. The lowest BCUT2D eigenvalue weighted by atomic mass is 10.0. The first-order valence-corrected chi connectivity index (χ1v) is 4.59. The number of carbonyl (C=O) groups excluding carboxylic acids is 1. The number of carbonyl (C=O) groups is 2. The number of hydrogen-bond donors (Lipinski definition) is 2. The molecule has 5 nitrogen and oxygen atoms in total. The van der Waals surface area contributed by atoms with Crippen LogP contribution in [0.25, 0.3) is 0 Å². The van der Waals surface area contributed by atoms with Crippen molar-refractivity contribution in [3.8, 4) is 0 Å². The minimum atomic E-state index is -1.10. The van der Waals surface area contributed by atoms with E-state index in [0.717, 1.165) is 12.8 Å². The van der Waals surface area contributed by atoms with Gasteiger partial charge in [0, 0.05) is 0 Å². The Kier molecular flexibility index (Phi) is 3.91. The minimum Gasteiger partial charge on any atom is -0.479 e. The molecule has 15 heavy (non-hydrogen) atoms. The molecule has 5 heteroatoms. The number of alkyl carbamates (subject to hydrolysis) is 1. The van der Waals surface area contributed by atoms with Crippen LogP contribution in [-0.2, 0) is 9.53 Å².